The van der Waals surface area contributed by atoms with Crippen LogP contribution in [0.2, 0.25) is 5.02 Å². The minimum atomic E-state index is 0.693. The zero-order chi connectivity index (χ0) is 15.0. The summed E-state index contributed by atoms with van der Waals surface area (Å²) in [6.07, 6.45) is 0. The predicted octanol–water partition coefficient (Wildman–Crippen LogP) is 5.21. The van der Waals surface area contributed by atoms with Gasteiger partial charge in [-0.15, -0.1) is 0 Å². The molecule has 1 heterocycles. The number of aromatic nitrogens is 1. The highest BCUT2D eigenvalue weighted by molar-refractivity contribution is 6.35. The number of hydrogen-bond acceptors (Lipinski definition) is 2. The first-order valence-electron chi connectivity index (χ1n) is 6.95. The minimum absolute atomic E-state index is 0.693. The molecule has 0 aliphatic rings. The molecule has 0 fully saturated rings. The Labute approximate surface area is 129 Å². The van der Waals surface area contributed by atoms with Crippen molar-refractivity contribution >= 4 is 28.2 Å². The van der Waals surface area contributed by atoms with Gasteiger partial charge < -0.3 is 5.32 Å². The summed E-state index contributed by atoms with van der Waals surface area (Å²) in [5.41, 5.74) is 6.28. The van der Waals surface area contributed by atoms with Gasteiger partial charge in [0.1, 0.15) is 0 Å². The zero-order valence-electron chi connectivity index (χ0n) is 12.4. The van der Waals surface area contributed by atoms with E-state index in [0.29, 0.717) is 5.02 Å². The molecule has 1 N–H and O–H groups in total. The lowest BCUT2D eigenvalue weighted by Gasteiger charge is -2.15. The molecule has 0 aliphatic heterocycles. The first-order valence-corrected chi connectivity index (χ1v) is 7.33. The van der Waals surface area contributed by atoms with E-state index in [4.69, 9.17) is 16.6 Å². The van der Waals surface area contributed by atoms with E-state index in [9.17, 15) is 0 Å². The maximum absolute atomic E-state index is 6.41. The van der Waals surface area contributed by atoms with Crippen LogP contribution in [0.4, 0.5) is 5.69 Å². The molecule has 0 saturated carbocycles. The second-order valence-electron chi connectivity index (χ2n) is 5.22. The molecule has 0 saturated heterocycles. The Morgan fingerprint density at radius 3 is 2.43 bits per heavy atom. The molecule has 0 unspecified atom stereocenters. The normalized spacial score (nSPS) is 10.9. The van der Waals surface area contributed by atoms with Crippen LogP contribution in [-0.4, -0.2) is 12.0 Å². The van der Waals surface area contributed by atoms with Crippen LogP contribution in [0.15, 0.2) is 42.5 Å². The third kappa shape index (κ3) is 2.36. The second-order valence-corrected chi connectivity index (χ2v) is 5.63. The van der Waals surface area contributed by atoms with Crippen LogP contribution >= 0.6 is 11.6 Å². The Bertz CT molecular complexity index is 811. The maximum atomic E-state index is 6.41. The first kappa shape index (κ1) is 13.9. The van der Waals surface area contributed by atoms with Crippen molar-refractivity contribution in [2.75, 3.05) is 12.4 Å². The first-order chi connectivity index (χ1) is 10.1. The monoisotopic (exact) mass is 296 g/mol. The van der Waals surface area contributed by atoms with Crippen molar-refractivity contribution in [3.05, 3.63) is 58.6 Å². The molecule has 0 atom stereocenters. The molecular weight excluding hydrogens is 280 g/mol. The lowest BCUT2D eigenvalue weighted by atomic mass is 10.0. The average molecular weight is 297 g/mol. The van der Waals surface area contributed by atoms with E-state index in [1.807, 2.05) is 38.2 Å². The van der Waals surface area contributed by atoms with E-state index in [0.717, 1.165) is 39.0 Å². The number of rotatable bonds is 2. The summed E-state index contributed by atoms with van der Waals surface area (Å²) < 4.78 is 0. The van der Waals surface area contributed by atoms with Gasteiger partial charge in [-0.25, -0.2) is 4.98 Å². The number of pyridine rings is 1. The number of fused-ring (bicyclic) bond motifs is 1. The molecule has 3 heteroatoms. The van der Waals surface area contributed by atoms with Gasteiger partial charge in [0, 0.05) is 23.7 Å². The van der Waals surface area contributed by atoms with E-state index < -0.39 is 0 Å². The van der Waals surface area contributed by atoms with Gasteiger partial charge >= 0.3 is 0 Å². The Morgan fingerprint density at radius 2 is 1.76 bits per heavy atom. The van der Waals surface area contributed by atoms with Crippen molar-refractivity contribution in [2.45, 2.75) is 13.8 Å². The summed E-state index contributed by atoms with van der Waals surface area (Å²) in [5.74, 6) is 0. The Morgan fingerprint density at radius 1 is 1.05 bits per heavy atom. The lowest BCUT2D eigenvalue weighted by Crippen LogP contribution is -1.99. The van der Waals surface area contributed by atoms with Crippen molar-refractivity contribution in [1.29, 1.82) is 0 Å². The van der Waals surface area contributed by atoms with Crippen LogP contribution < -0.4 is 5.32 Å². The highest BCUT2D eigenvalue weighted by atomic mass is 35.5. The van der Waals surface area contributed by atoms with Gasteiger partial charge in [0.15, 0.2) is 0 Å². The molecule has 0 aliphatic carbocycles. The molecule has 0 spiro atoms. The van der Waals surface area contributed by atoms with Crippen LogP contribution in [-0.2, 0) is 0 Å². The summed E-state index contributed by atoms with van der Waals surface area (Å²) in [6, 6.07) is 14.3. The third-order valence-electron chi connectivity index (χ3n) is 3.73. The second kappa shape index (κ2) is 5.38. The van der Waals surface area contributed by atoms with Crippen molar-refractivity contribution < 1.29 is 0 Å². The van der Waals surface area contributed by atoms with Crippen molar-refractivity contribution in [2.24, 2.45) is 0 Å². The molecule has 106 valence electrons. The van der Waals surface area contributed by atoms with E-state index in [-0.39, 0.29) is 0 Å². The highest BCUT2D eigenvalue weighted by Crippen LogP contribution is 2.36. The number of halogens is 1. The summed E-state index contributed by atoms with van der Waals surface area (Å²) in [4.78, 5) is 4.82. The summed E-state index contributed by atoms with van der Waals surface area (Å²) >= 11 is 6.41. The van der Waals surface area contributed by atoms with Crippen LogP contribution in [0, 0.1) is 13.8 Å². The fourth-order valence-electron chi connectivity index (χ4n) is 2.75. The van der Waals surface area contributed by atoms with E-state index in [1.165, 1.54) is 0 Å². The van der Waals surface area contributed by atoms with Gasteiger partial charge in [0.05, 0.1) is 16.2 Å². The van der Waals surface area contributed by atoms with E-state index >= 15 is 0 Å². The molecule has 21 heavy (non-hydrogen) atoms. The molecule has 3 rings (SSSR count). The standard InChI is InChI=1S/C18H17ClN2/c1-11-9-14-17(20-3)12(2)16(13-7-5-4-6-8-13)21-18(14)15(19)10-11/h4-10H,1-3H3,(H,20,21). The highest BCUT2D eigenvalue weighted by Gasteiger charge is 2.14. The molecule has 2 aromatic carbocycles. The largest absolute Gasteiger partial charge is 0.387 e. The minimum Gasteiger partial charge on any atom is -0.387 e. The van der Waals surface area contributed by atoms with Crippen LogP contribution in [0.5, 0.6) is 0 Å². The molecule has 0 radical (unpaired) electrons. The number of aryl methyl sites for hydroxylation is 1. The molecule has 1 aromatic heterocycles. The fourth-order valence-corrected chi connectivity index (χ4v) is 3.07. The third-order valence-corrected chi connectivity index (χ3v) is 4.02. The van der Waals surface area contributed by atoms with Gasteiger partial charge in [-0.3, -0.25) is 0 Å². The smallest absolute Gasteiger partial charge is 0.0916 e. The maximum Gasteiger partial charge on any atom is 0.0916 e. The van der Waals surface area contributed by atoms with Crippen LogP contribution in [0.3, 0.4) is 0 Å². The number of anilines is 1. The predicted molar refractivity (Wildman–Crippen MR) is 91.2 cm³/mol. The van der Waals surface area contributed by atoms with Gasteiger partial charge in [-0.1, -0.05) is 41.9 Å². The summed E-state index contributed by atoms with van der Waals surface area (Å²) in [6.45, 7) is 4.14. The van der Waals surface area contributed by atoms with Gasteiger partial charge in [0.2, 0.25) is 0 Å². The van der Waals surface area contributed by atoms with E-state index in [2.05, 4.69) is 30.4 Å². The van der Waals surface area contributed by atoms with Gasteiger partial charge in [-0.2, -0.15) is 0 Å². The Hall–Kier alpha value is -2.06. The molecule has 0 bridgehead atoms. The van der Waals surface area contributed by atoms with Gasteiger partial charge in [-0.05, 0) is 37.1 Å². The SMILES string of the molecule is CNc1c(C)c(-c2ccccc2)nc2c(Cl)cc(C)cc12. The van der Waals surface area contributed by atoms with Crippen molar-refractivity contribution in [3.63, 3.8) is 0 Å². The summed E-state index contributed by atoms with van der Waals surface area (Å²) in [5, 5.41) is 5.07. The fraction of sp³-hybridized carbons (Fsp3) is 0.167. The molecule has 0 amide bonds. The number of benzene rings is 2. The quantitative estimate of drug-likeness (QED) is 0.702. The molecular formula is C18H17ClN2. The van der Waals surface area contributed by atoms with Crippen molar-refractivity contribution in [1.82, 2.24) is 4.98 Å². The molecule has 2 nitrogen and oxygen atoms in total. The molecule has 3 aromatic rings. The zero-order valence-corrected chi connectivity index (χ0v) is 13.1. The topological polar surface area (TPSA) is 24.9 Å². The number of nitrogens with one attached hydrogen (secondary N) is 1. The number of hydrogen-bond donors (Lipinski definition) is 1. The number of nitrogens with zero attached hydrogens (tertiary/aromatic N) is 1. The lowest BCUT2D eigenvalue weighted by molar-refractivity contribution is 1.31. The van der Waals surface area contributed by atoms with Crippen LogP contribution in [0.25, 0.3) is 22.2 Å². The van der Waals surface area contributed by atoms with E-state index in [1.54, 1.807) is 0 Å². The summed E-state index contributed by atoms with van der Waals surface area (Å²) in [7, 11) is 1.94. The Balaban J connectivity index is 2.41. The average Bonchev–Trinajstić information content (AvgIpc) is 2.47. The van der Waals surface area contributed by atoms with Crippen LogP contribution in [0.1, 0.15) is 11.1 Å². The van der Waals surface area contributed by atoms with Crippen molar-refractivity contribution in [3.8, 4) is 11.3 Å². The Kier molecular flexibility index (Phi) is 3.56. The van der Waals surface area contributed by atoms with Gasteiger partial charge in [0.25, 0.3) is 0 Å².